The van der Waals surface area contributed by atoms with Crippen LogP contribution in [-0.2, 0) is 14.3 Å². The van der Waals surface area contributed by atoms with E-state index in [4.69, 9.17) is 0 Å². The largest absolute Gasteiger partial charge is 0.463 e. The molecule has 17 heavy (non-hydrogen) atoms. The molecule has 1 aliphatic rings. The quantitative estimate of drug-likeness (QED) is 0.560. The lowest BCUT2D eigenvalue weighted by Gasteiger charge is -2.35. The smallest absolute Gasteiger partial charge is 0.374 e. The van der Waals surface area contributed by atoms with Crippen molar-refractivity contribution in [3.8, 4) is 0 Å². The van der Waals surface area contributed by atoms with Gasteiger partial charge in [0.05, 0.1) is 7.11 Å². The zero-order chi connectivity index (χ0) is 13.2. The summed E-state index contributed by atoms with van der Waals surface area (Å²) in [6.07, 6.45) is 2.69. The van der Waals surface area contributed by atoms with Gasteiger partial charge in [0.2, 0.25) is 5.78 Å². The van der Waals surface area contributed by atoms with Crippen LogP contribution in [-0.4, -0.2) is 18.9 Å². The van der Waals surface area contributed by atoms with E-state index in [2.05, 4.69) is 32.4 Å². The summed E-state index contributed by atoms with van der Waals surface area (Å²) in [6.45, 7) is 8.89. The van der Waals surface area contributed by atoms with Crippen molar-refractivity contribution in [2.75, 3.05) is 7.11 Å². The van der Waals surface area contributed by atoms with Crippen LogP contribution in [0.5, 0.6) is 0 Å². The van der Waals surface area contributed by atoms with Crippen molar-refractivity contribution < 1.29 is 14.3 Å². The van der Waals surface area contributed by atoms with E-state index in [1.165, 1.54) is 13.5 Å². The predicted octanol–water partition coefficient (Wildman–Crippen LogP) is 2.83. The van der Waals surface area contributed by atoms with Gasteiger partial charge in [0, 0.05) is 6.42 Å². The minimum Gasteiger partial charge on any atom is -0.463 e. The fraction of sp³-hybridized carbons (Fsp3) is 0.857. The molecule has 98 valence electrons. The SMILES string of the molecule is COC(=O)C(=O)C[C@@H](C)[C@H]1CC[C@@H](C)C1(C)C. The van der Waals surface area contributed by atoms with Crippen molar-refractivity contribution >= 4 is 11.8 Å². The first-order valence-corrected chi connectivity index (χ1v) is 6.41. The Kier molecular flexibility index (Phi) is 4.34. The van der Waals surface area contributed by atoms with Crippen molar-refractivity contribution in [1.82, 2.24) is 0 Å². The molecule has 0 spiro atoms. The molecule has 0 heterocycles. The molecule has 0 aromatic carbocycles. The molecule has 3 nitrogen and oxygen atoms in total. The van der Waals surface area contributed by atoms with E-state index >= 15 is 0 Å². The van der Waals surface area contributed by atoms with Crippen LogP contribution in [0.2, 0.25) is 0 Å². The summed E-state index contributed by atoms with van der Waals surface area (Å²) in [6, 6.07) is 0. The fourth-order valence-corrected chi connectivity index (χ4v) is 3.19. The minimum atomic E-state index is -0.708. The Morgan fingerprint density at radius 1 is 1.35 bits per heavy atom. The normalized spacial score (nSPS) is 28.8. The Morgan fingerprint density at radius 2 is 1.94 bits per heavy atom. The third kappa shape index (κ3) is 2.88. The summed E-state index contributed by atoms with van der Waals surface area (Å²) < 4.78 is 4.46. The van der Waals surface area contributed by atoms with Crippen LogP contribution in [0.15, 0.2) is 0 Å². The van der Waals surface area contributed by atoms with Gasteiger partial charge in [-0.2, -0.15) is 0 Å². The molecule has 0 N–H and O–H groups in total. The third-order valence-electron chi connectivity index (χ3n) is 4.74. The van der Waals surface area contributed by atoms with Crippen LogP contribution in [0.3, 0.4) is 0 Å². The van der Waals surface area contributed by atoms with E-state index < -0.39 is 11.8 Å². The summed E-state index contributed by atoms with van der Waals surface area (Å²) in [4.78, 5) is 22.7. The maximum atomic E-state index is 11.6. The number of hydrogen-bond acceptors (Lipinski definition) is 3. The van der Waals surface area contributed by atoms with Gasteiger partial charge in [0.25, 0.3) is 0 Å². The van der Waals surface area contributed by atoms with E-state index in [0.29, 0.717) is 18.3 Å². The molecule has 3 atom stereocenters. The van der Waals surface area contributed by atoms with E-state index in [0.717, 1.165) is 6.42 Å². The highest BCUT2D eigenvalue weighted by molar-refractivity contribution is 6.33. The monoisotopic (exact) mass is 240 g/mol. The second-order valence-corrected chi connectivity index (χ2v) is 6.00. The van der Waals surface area contributed by atoms with Gasteiger partial charge in [-0.15, -0.1) is 0 Å². The van der Waals surface area contributed by atoms with Crippen molar-refractivity contribution in [3.63, 3.8) is 0 Å². The van der Waals surface area contributed by atoms with Crippen LogP contribution in [0, 0.1) is 23.2 Å². The summed E-state index contributed by atoms with van der Waals surface area (Å²) in [5.74, 6) is 0.354. The molecule has 0 saturated heterocycles. The highest BCUT2D eigenvalue weighted by Crippen LogP contribution is 2.50. The maximum Gasteiger partial charge on any atom is 0.374 e. The average Bonchev–Trinajstić information content (AvgIpc) is 2.52. The van der Waals surface area contributed by atoms with Gasteiger partial charge < -0.3 is 4.74 Å². The van der Waals surface area contributed by atoms with Crippen LogP contribution in [0.25, 0.3) is 0 Å². The molecule has 0 aromatic heterocycles. The number of Topliss-reactive ketones (excluding diaryl/α,β-unsaturated/α-hetero) is 1. The van der Waals surface area contributed by atoms with E-state index in [-0.39, 0.29) is 11.3 Å². The number of rotatable bonds is 4. The molecule has 0 radical (unpaired) electrons. The van der Waals surface area contributed by atoms with Crippen LogP contribution < -0.4 is 0 Å². The molecule has 0 unspecified atom stereocenters. The standard InChI is InChI=1S/C14H24O3/c1-9(8-12(15)13(16)17-5)11-7-6-10(2)14(11,3)4/h9-11H,6-8H2,1-5H3/t9-,10-,11-/m1/s1. The van der Waals surface area contributed by atoms with Crippen molar-refractivity contribution in [2.24, 2.45) is 23.2 Å². The van der Waals surface area contributed by atoms with Crippen molar-refractivity contribution in [1.29, 1.82) is 0 Å². The highest BCUT2D eigenvalue weighted by Gasteiger charge is 2.43. The topological polar surface area (TPSA) is 43.4 Å². The number of carbonyl (C=O) groups excluding carboxylic acids is 2. The number of methoxy groups -OCH3 is 1. The van der Waals surface area contributed by atoms with E-state index in [9.17, 15) is 9.59 Å². The van der Waals surface area contributed by atoms with Crippen LogP contribution in [0.1, 0.15) is 47.0 Å². The lowest BCUT2D eigenvalue weighted by atomic mass is 9.70. The number of ether oxygens (including phenoxy) is 1. The molecule has 1 aliphatic carbocycles. The zero-order valence-electron chi connectivity index (χ0n) is 11.6. The summed E-state index contributed by atoms with van der Waals surface area (Å²) in [7, 11) is 1.26. The first-order valence-electron chi connectivity index (χ1n) is 6.41. The Morgan fingerprint density at radius 3 is 2.35 bits per heavy atom. The Bertz CT molecular complexity index is 307. The maximum absolute atomic E-state index is 11.6. The molecular weight excluding hydrogens is 216 g/mol. The number of hydrogen-bond donors (Lipinski definition) is 0. The molecule has 0 amide bonds. The number of ketones is 1. The van der Waals surface area contributed by atoms with Gasteiger partial charge in [-0.05, 0) is 36.0 Å². The molecule has 0 aliphatic heterocycles. The molecule has 3 heteroatoms. The third-order valence-corrected chi connectivity index (χ3v) is 4.74. The summed E-state index contributed by atoms with van der Waals surface area (Å²) in [5.41, 5.74) is 0.260. The Hall–Kier alpha value is -0.860. The second-order valence-electron chi connectivity index (χ2n) is 6.00. The van der Waals surface area contributed by atoms with Crippen LogP contribution in [0.4, 0.5) is 0 Å². The van der Waals surface area contributed by atoms with E-state index in [1.54, 1.807) is 0 Å². The van der Waals surface area contributed by atoms with Crippen LogP contribution >= 0.6 is 0 Å². The first-order chi connectivity index (χ1) is 7.80. The Labute approximate surface area is 104 Å². The van der Waals surface area contributed by atoms with Gasteiger partial charge in [-0.25, -0.2) is 4.79 Å². The predicted molar refractivity (Wildman–Crippen MR) is 66.5 cm³/mol. The van der Waals surface area contributed by atoms with Crippen molar-refractivity contribution in [2.45, 2.75) is 47.0 Å². The second kappa shape index (κ2) is 5.19. The van der Waals surface area contributed by atoms with Gasteiger partial charge >= 0.3 is 5.97 Å². The molecule has 1 saturated carbocycles. The lowest BCUT2D eigenvalue weighted by molar-refractivity contribution is -0.152. The molecule has 0 aromatic rings. The highest BCUT2D eigenvalue weighted by atomic mass is 16.5. The van der Waals surface area contributed by atoms with Gasteiger partial charge in [0.15, 0.2) is 0 Å². The summed E-state index contributed by atoms with van der Waals surface area (Å²) in [5, 5.41) is 0. The molecule has 0 bridgehead atoms. The molecular formula is C14H24O3. The Balaban J connectivity index is 2.63. The van der Waals surface area contributed by atoms with Crippen molar-refractivity contribution in [3.05, 3.63) is 0 Å². The van der Waals surface area contributed by atoms with Gasteiger partial charge in [0.1, 0.15) is 0 Å². The number of esters is 1. The fourth-order valence-electron chi connectivity index (χ4n) is 3.19. The number of carbonyl (C=O) groups is 2. The summed E-state index contributed by atoms with van der Waals surface area (Å²) >= 11 is 0. The molecule has 1 rings (SSSR count). The zero-order valence-corrected chi connectivity index (χ0v) is 11.6. The van der Waals surface area contributed by atoms with Gasteiger partial charge in [-0.3, -0.25) is 4.79 Å². The van der Waals surface area contributed by atoms with E-state index in [1.807, 2.05) is 0 Å². The van der Waals surface area contributed by atoms with Gasteiger partial charge in [-0.1, -0.05) is 27.7 Å². The molecule has 1 fully saturated rings. The lowest BCUT2D eigenvalue weighted by Crippen LogP contribution is -2.30. The average molecular weight is 240 g/mol. The first kappa shape index (κ1) is 14.2. The minimum absolute atomic E-state index is 0.251.